The van der Waals surface area contributed by atoms with E-state index in [1.165, 1.54) is 0 Å². The van der Waals surface area contributed by atoms with Gasteiger partial charge in [0.05, 0.1) is 26.4 Å². The zero-order chi connectivity index (χ0) is 27.2. The SMILES string of the molecule is O=P(COCP(=O)(OCc1ccccc1)OCc1ccccc1)(OCc1ccccc1)OCc1ccccc1. The van der Waals surface area contributed by atoms with Gasteiger partial charge in [-0.05, 0) is 22.3 Å². The van der Waals surface area contributed by atoms with Gasteiger partial charge < -0.3 is 22.8 Å². The van der Waals surface area contributed by atoms with Crippen molar-refractivity contribution in [3.8, 4) is 0 Å². The van der Waals surface area contributed by atoms with E-state index >= 15 is 0 Å². The van der Waals surface area contributed by atoms with Crippen LogP contribution in [0.15, 0.2) is 121 Å². The van der Waals surface area contributed by atoms with E-state index in [1.807, 2.05) is 121 Å². The second-order valence-corrected chi connectivity index (χ2v) is 12.7. The summed E-state index contributed by atoms with van der Waals surface area (Å²) in [6.45, 7) is 0.289. The van der Waals surface area contributed by atoms with Gasteiger partial charge in [-0.3, -0.25) is 9.13 Å². The van der Waals surface area contributed by atoms with Crippen molar-refractivity contribution in [2.45, 2.75) is 26.4 Å². The summed E-state index contributed by atoms with van der Waals surface area (Å²) in [7, 11) is -7.49. The molecule has 4 aromatic carbocycles. The average molecular weight is 567 g/mol. The summed E-state index contributed by atoms with van der Waals surface area (Å²) < 4.78 is 56.0. The summed E-state index contributed by atoms with van der Waals surface area (Å²) in [6, 6.07) is 37.5. The lowest BCUT2D eigenvalue weighted by atomic mass is 10.2. The van der Waals surface area contributed by atoms with Crippen LogP contribution in [-0.2, 0) is 58.4 Å². The fraction of sp³-hybridized carbons (Fsp3) is 0.200. The molecule has 204 valence electrons. The fourth-order valence-electron chi connectivity index (χ4n) is 3.48. The summed E-state index contributed by atoms with van der Waals surface area (Å²) in [4.78, 5) is 0. The van der Waals surface area contributed by atoms with E-state index in [9.17, 15) is 9.13 Å². The maximum Gasteiger partial charge on any atom is 0.356 e. The van der Waals surface area contributed by atoms with Crippen LogP contribution in [0.4, 0.5) is 0 Å². The molecule has 0 saturated carbocycles. The van der Waals surface area contributed by atoms with Gasteiger partial charge in [-0.2, -0.15) is 0 Å². The van der Waals surface area contributed by atoms with Crippen molar-refractivity contribution in [2.75, 3.05) is 12.7 Å². The van der Waals surface area contributed by atoms with Crippen LogP contribution in [0.5, 0.6) is 0 Å². The van der Waals surface area contributed by atoms with Crippen LogP contribution in [0.25, 0.3) is 0 Å². The van der Waals surface area contributed by atoms with Crippen LogP contribution < -0.4 is 0 Å². The van der Waals surface area contributed by atoms with E-state index < -0.39 is 27.9 Å². The third-order valence-electron chi connectivity index (χ3n) is 5.58. The molecular weight excluding hydrogens is 534 g/mol. The van der Waals surface area contributed by atoms with E-state index in [0.29, 0.717) is 0 Å². The Kier molecular flexibility index (Phi) is 11.3. The fourth-order valence-corrected chi connectivity index (χ4v) is 6.08. The lowest BCUT2D eigenvalue weighted by Gasteiger charge is -2.22. The second kappa shape index (κ2) is 15.1. The topological polar surface area (TPSA) is 80.3 Å². The van der Waals surface area contributed by atoms with Crippen molar-refractivity contribution in [2.24, 2.45) is 0 Å². The second-order valence-electron chi connectivity index (χ2n) is 8.72. The third-order valence-corrected chi connectivity index (χ3v) is 8.67. The number of hydrogen-bond acceptors (Lipinski definition) is 7. The van der Waals surface area contributed by atoms with E-state index in [0.717, 1.165) is 22.3 Å². The first-order valence-corrected chi connectivity index (χ1v) is 16.0. The average Bonchev–Trinajstić information content (AvgIpc) is 2.99. The highest BCUT2D eigenvalue weighted by Gasteiger charge is 2.31. The van der Waals surface area contributed by atoms with Crippen LogP contribution in [0.2, 0.25) is 0 Å². The largest absolute Gasteiger partial charge is 0.356 e. The molecule has 0 bridgehead atoms. The molecule has 0 amide bonds. The first-order valence-electron chi connectivity index (χ1n) is 12.5. The van der Waals surface area contributed by atoms with Gasteiger partial charge in [0.1, 0.15) is 12.7 Å². The molecule has 0 fully saturated rings. The Morgan fingerprint density at radius 1 is 0.385 bits per heavy atom. The van der Waals surface area contributed by atoms with Gasteiger partial charge in [-0.15, -0.1) is 0 Å². The monoisotopic (exact) mass is 566 g/mol. The molecule has 0 aliphatic rings. The molecule has 39 heavy (non-hydrogen) atoms. The molecular formula is C30H32O7P2. The molecule has 9 heteroatoms. The van der Waals surface area contributed by atoms with Crippen molar-refractivity contribution >= 4 is 15.2 Å². The maximum atomic E-state index is 13.7. The quantitative estimate of drug-likeness (QED) is 0.127. The molecule has 4 rings (SSSR count). The predicted molar refractivity (Wildman–Crippen MR) is 151 cm³/mol. The molecule has 0 heterocycles. The molecule has 0 aliphatic heterocycles. The standard InChI is InChI=1S/C30H32O7P2/c31-38(34-21-27-13-5-1-6-14-27,35-22-28-15-7-2-8-16-28)25-33-26-39(32,36-23-29-17-9-3-10-18-29)37-24-30-19-11-4-12-20-30/h1-20H,21-26H2. The highest BCUT2D eigenvalue weighted by Crippen LogP contribution is 2.53. The van der Waals surface area contributed by atoms with Gasteiger partial charge in [0, 0.05) is 0 Å². The smallest absolute Gasteiger partial charge is 0.356 e. The normalized spacial score (nSPS) is 11.9. The minimum atomic E-state index is -3.74. The van der Waals surface area contributed by atoms with E-state index in [2.05, 4.69) is 0 Å². The molecule has 0 saturated heterocycles. The first kappa shape index (κ1) is 29.1. The van der Waals surface area contributed by atoms with E-state index in [-0.39, 0.29) is 26.4 Å². The van der Waals surface area contributed by atoms with E-state index in [1.54, 1.807) is 0 Å². The Morgan fingerprint density at radius 3 is 0.846 bits per heavy atom. The van der Waals surface area contributed by atoms with Crippen LogP contribution in [0.1, 0.15) is 22.3 Å². The minimum Gasteiger partial charge on any atom is -0.356 e. The highest BCUT2D eigenvalue weighted by molar-refractivity contribution is 7.54. The van der Waals surface area contributed by atoms with Crippen molar-refractivity contribution < 1.29 is 32.0 Å². The molecule has 0 aromatic heterocycles. The number of hydrogen-bond donors (Lipinski definition) is 0. The van der Waals surface area contributed by atoms with Crippen LogP contribution in [-0.4, -0.2) is 12.7 Å². The lowest BCUT2D eigenvalue weighted by Crippen LogP contribution is -2.08. The number of benzene rings is 4. The zero-order valence-corrected chi connectivity index (χ0v) is 23.3. The molecule has 0 spiro atoms. The van der Waals surface area contributed by atoms with Gasteiger partial charge >= 0.3 is 15.2 Å². The molecule has 0 radical (unpaired) electrons. The van der Waals surface area contributed by atoms with Gasteiger partial charge in [-0.1, -0.05) is 121 Å². The van der Waals surface area contributed by atoms with Gasteiger partial charge in [0.2, 0.25) is 0 Å². The summed E-state index contributed by atoms with van der Waals surface area (Å²) in [5.41, 5.74) is 3.35. The molecule has 0 atom stereocenters. The zero-order valence-electron chi connectivity index (χ0n) is 21.5. The summed E-state index contributed by atoms with van der Waals surface area (Å²) >= 11 is 0. The predicted octanol–water partition coefficient (Wildman–Crippen LogP) is 8.17. The Balaban J connectivity index is 1.41. The van der Waals surface area contributed by atoms with Crippen molar-refractivity contribution in [3.63, 3.8) is 0 Å². The summed E-state index contributed by atoms with van der Waals surface area (Å²) in [6.07, 6.45) is -0.833. The third kappa shape index (κ3) is 10.3. The Hall–Kier alpha value is -2.86. The van der Waals surface area contributed by atoms with Crippen LogP contribution in [0.3, 0.4) is 0 Å². The van der Waals surface area contributed by atoms with Crippen LogP contribution >= 0.6 is 15.2 Å². The van der Waals surface area contributed by atoms with Crippen molar-refractivity contribution in [1.82, 2.24) is 0 Å². The Morgan fingerprint density at radius 2 is 0.615 bits per heavy atom. The van der Waals surface area contributed by atoms with Crippen LogP contribution in [0, 0.1) is 0 Å². The van der Waals surface area contributed by atoms with Gasteiger partial charge in [0.25, 0.3) is 0 Å². The highest BCUT2D eigenvalue weighted by atomic mass is 31.2. The maximum absolute atomic E-state index is 13.7. The minimum absolute atomic E-state index is 0.0724. The van der Waals surface area contributed by atoms with E-state index in [4.69, 9.17) is 22.8 Å². The molecule has 7 nitrogen and oxygen atoms in total. The lowest BCUT2D eigenvalue weighted by molar-refractivity contribution is 0.117. The molecule has 4 aromatic rings. The Bertz CT molecular complexity index is 1140. The Labute approximate surface area is 229 Å². The molecule has 0 aliphatic carbocycles. The first-order chi connectivity index (χ1) is 19.0. The summed E-state index contributed by atoms with van der Waals surface area (Å²) in [5, 5.41) is 0. The van der Waals surface area contributed by atoms with Gasteiger partial charge in [0.15, 0.2) is 0 Å². The summed E-state index contributed by atoms with van der Waals surface area (Å²) in [5.74, 6) is 0. The number of ether oxygens (including phenoxy) is 1. The molecule has 0 N–H and O–H groups in total. The van der Waals surface area contributed by atoms with Crippen molar-refractivity contribution in [3.05, 3.63) is 144 Å². The van der Waals surface area contributed by atoms with Gasteiger partial charge in [-0.25, -0.2) is 0 Å². The number of rotatable bonds is 16. The molecule has 0 unspecified atom stereocenters. The van der Waals surface area contributed by atoms with Crippen molar-refractivity contribution in [1.29, 1.82) is 0 Å².